The minimum Gasteiger partial charge on any atom is -0.476 e. The van der Waals surface area contributed by atoms with Crippen molar-refractivity contribution in [3.63, 3.8) is 0 Å². The van der Waals surface area contributed by atoms with Gasteiger partial charge in [0, 0.05) is 29.1 Å². The summed E-state index contributed by atoms with van der Waals surface area (Å²) < 4.78 is 0. The van der Waals surface area contributed by atoms with E-state index in [1.165, 1.54) is 23.9 Å². The van der Waals surface area contributed by atoms with E-state index in [0.717, 1.165) is 12.3 Å². The van der Waals surface area contributed by atoms with Crippen LogP contribution >= 0.6 is 23.5 Å². The lowest BCUT2D eigenvalue weighted by Gasteiger charge is -2.21. The average Bonchev–Trinajstić information content (AvgIpc) is 2.38. The molecule has 1 aliphatic rings. The molecule has 2 rings (SSSR count). The highest BCUT2D eigenvalue weighted by Crippen LogP contribution is 2.23. The number of hydrogen-bond donors (Lipinski definition) is 2. The number of thioether (sulfide) groups is 2. The van der Waals surface area contributed by atoms with Gasteiger partial charge in [0.2, 0.25) is 0 Å². The summed E-state index contributed by atoms with van der Waals surface area (Å²) in [5, 5.41) is 12.5. The Labute approximate surface area is 108 Å². The first kappa shape index (κ1) is 12.5. The van der Waals surface area contributed by atoms with Crippen molar-refractivity contribution in [3.05, 3.63) is 18.1 Å². The molecule has 5 nitrogen and oxygen atoms in total. The molecule has 1 saturated heterocycles. The molecule has 2 N–H and O–H groups in total. The summed E-state index contributed by atoms with van der Waals surface area (Å²) in [5.41, 5.74) is -0.0295. The average molecular weight is 271 g/mol. The molecule has 92 valence electrons. The summed E-state index contributed by atoms with van der Waals surface area (Å²) in [4.78, 5) is 18.4. The predicted molar refractivity (Wildman–Crippen MR) is 71.1 cm³/mol. The van der Waals surface area contributed by atoms with Gasteiger partial charge in [0.1, 0.15) is 5.82 Å². The van der Waals surface area contributed by atoms with Crippen LogP contribution in [0.4, 0.5) is 5.82 Å². The van der Waals surface area contributed by atoms with E-state index in [1.54, 1.807) is 0 Å². The first-order chi connectivity index (χ1) is 8.25. The third kappa shape index (κ3) is 3.78. The second kappa shape index (κ2) is 6.11. The smallest absolute Gasteiger partial charge is 0.356 e. The van der Waals surface area contributed by atoms with Crippen molar-refractivity contribution in [3.8, 4) is 0 Å². The highest BCUT2D eigenvalue weighted by Gasteiger charge is 2.14. The van der Waals surface area contributed by atoms with E-state index in [2.05, 4.69) is 15.3 Å². The Kier molecular flexibility index (Phi) is 4.49. The van der Waals surface area contributed by atoms with E-state index >= 15 is 0 Å². The molecule has 0 bridgehead atoms. The summed E-state index contributed by atoms with van der Waals surface area (Å²) in [6.07, 6.45) is 2.73. The minimum atomic E-state index is -1.05. The van der Waals surface area contributed by atoms with Gasteiger partial charge in [-0.05, 0) is 0 Å². The number of nitrogens with one attached hydrogen (secondary N) is 1. The maximum Gasteiger partial charge on any atom is 0.356 e. The predicted octanol–water partition coefficient (Wildman–Crippen LogP) is 1.44. The van der Waals surface area contributed by atoms with E-state index in [4.69, 9.17) is 5.11 Å². The fraction of sp³-hybridized carbons (Fsp3) is 0.500. The molecule has 1 unspecified atom stereocenters. The molecule has 0 amide bonds. The van der Waals surface area contributed by atoms with Crippen molar-refractivity contribution in [1.29, 1.82) is 0 Å². The molecule has 1 aliphatic heterocycles. The van der Waals surface area contributed by atoms with Crippen molar-refractivity contribution < 1.29 is 9.90 Å². The van der Waals surface area contributed by atoms with Gasteiger partial charge in [-0.25, -0.2) is 14.8 Å². The van der Waals surface area contributed by atoms with Crippen LogP contribution in [0.3, 0.4) is 0 Å². The highest BCUT2D eigenvalue weighted by atomic mass is 32.2. The fourth-order valence-corrected chi connectivity index (χ4v) is 4.01. The van der Waals surface area contributed by atoms with Crippen molar-refractivity contribution in [2.24, 2.45) is 0 Å². The van der Waals surface area contributed by atoms with E-state index in [1.807, 2.05) is 23.5 Å². The van der Waals surface area contributed by atoms with Crippen LogP contribution < -0.4 is 5.32 Å². The normalized spacial score (nSPS) is 19.9. The summed E-state index contributed by atoms with van der Waals surface area (Å²) in [6, 6.07) is 0. The zero-order valence-electron chi connectivity index (χ0n) is 9.13. The second-order valence-electron chi connectivity index (χ2n) is 3.54. The first-order valence-electron chi connectivity index (χ1n) is 5.24. The number of rotatable bonds is 4. The second-order valence-corrected chi connectivity index (χ2v) is 6.10. The van der Waals surface area contributed by atoms with Crippen molar-refractivity contribution in [1.82, 2.24) is 9.97 Å². The summed E-state index contributed by atoms with van der Waals surface area (Å²) in [6.45, 7) is 0.846. The summed E-state index contributed by atoms with van der Waals surface area (Å²) in [7, 11) is 0. The maximum atomic E-state index is 10.6. The zero-order valence-corrected chi connectivity index (χ0v) is 10.8. The first-order valence-corrected chi connectivity index (χ1v) is 7.44. The molecule has 2 heterocycles. The lowest BCUT2D eigenvalue weighted by Crippen LogP contribution is -2.23. The van der Waals surface area contributed by atoms with E-state index in [-0.39, 0.29) is 5.69 Å². The molecule has 0 radical (unpaired) electrons. The highest BCUT2D eigenvalue weighted by molar-refractivity contribution is 8.06. The third-order valence-electron chi connectivity index (χ3n) is 2.27. The van der Waals surface area contributed by atoms with Crippen molar-refractivity contribution >= 4 is 35.3 Å². The maximum absolute atomic E-state index is 10.6. The number of anilines is 1. The molecule has 7 heteroatoms. The van der Waals surface area contributed by atoms with Crippen LogP contribution in [0, 0.1) is 0 Å². The SMILES string of the molecule is O=C(O)c1cnc(NCC2CSCCS2)cn1. The van der Waals surface area contributed by atoms with Gasteiger partial charge in [-0.15, -0.1) is 0 Å². The summed E-state index contributed by atoms with van der Waals surface area (Å²) >= 11 is 3.93. The van der Waals surface area contributed by atoms with Crippen molar-refractivity contribution in [2.75, 3.05) is 29.1 Å². The number of carboxylic acids is 1. The standard InChI is InChI=1S/C10H13N3O2S2/c14-10(15)8-4-13-9(5-11-8)12-3-7-6-16-1-2-17-7/h4-5,7H,1-3,6H2,(H,12,13)(H,14,15). The van der Waals surface area contributed by atoms with Gasteiger partial charge < -0.3 is 10.4 Å². The van der Waals surface area contributed by atoms with Crippen LogP contribution in [0.25, 0.3) is 0 Å². The Morgan fingerprint density at radius 3 is 2.94 bits per heavy atom. The van der Waals surface area contributed by atoms with Gasteiger partial charge in [0.05, 0.1) is 12.4 Å². The molecule has 1 aromatic rings. The van der Waals surface area contributed by atoms with E-state index < -0.39 is 5.97 Å². The van der Waals surface area contributed by atoms with Crippen LogP contribution in [-0.2, 0) is 0 Å². The van der Waals surface area contributed by atoms with Gasteiger partial charge in [-0.2, -0.15) is 23.5 Å². The van der Waals surface area contributed by atoms with Gasteiger partial charge in [-0.1, -0.05) is 0 Å². The van der Waals surface area contributed by atoms with Crippen LogP contribution in [0.5, 0.6) is 0 Å². The molecule has 0 aromatic carbocycles. The number of carbonyl (C=O) groups is 1. The number of hydrogen-bond acceptors (Lipinski definition) is 6. The molecular weight excluding hydrogens is 258 g/mol. The Morgan fingerprint density at radius 2 is 2.35 bits per heavy atom. The Balaban J connectivity index is 1.84. The molecule has 0 spiro atoms. The van der Waals surface area contributed by atoms with E-state index in [9.17, 15) is 4.79 Å². The molecule has 1 aromatic heterocycles. The van der Waals surface area contributed by atoms with E-state index in [0.29, 0.717) is 11.1 Å². The number of aromatic nitrogens is 2. The number of carboxylic acid groups (broad SMARTS) is 1. The van der Waals surface area contributed by atoms with Gasteiger partial charge >= 0.3 is 5.97 Å². The third-order valence-corrected chi connectivity index (χ3v) is 5.11. The Bertz CT molecular complexity index is 380. The minimum absolute atomic E-state index is 0.0295. The molecule has 0 aliphatic carbocycles. The van der Waals surface area contributed by atoms with Crippen LogP contribution in [0.15, 0.2) is 12.4 Å². The molecule has 1 fully saturated rings. The Hall–Kier alpha value is -0.950. The number of aromatic carboxylic acids is 1. The fourth-order valence-electron chi connectivity index (χ4n) is 1.40. The van der Waals surface area contributed by atoms with Crippen molar-refractivity contribution in [2.45, 2.75) is 5.25 Å². The van der Waals surface area contributed by atoms with Crippen LogP contribution in [-0.4, -0.2) is 50.1 Å². The molecular formula is C10H13N3O2S2. The quantitative estimate of drug-likeness (QED) is 0.858. The van der Waals surface area contributed by atoms with Gasteiger partial charge in [-0.3, -0.25) is 0 Å². The van der Waals surface area contributed by atoms with Gasteiger partial charge in [0.15, 0.2) is 5.69 Å². The Morgan fingerprint density at radius 1 is 1.47 bits per heavy atom. The van der Waals surface area contributed by atoms with Gasteiger partial charge in [0.25, 0.3) is 0 Å². The molecule has 17 heavy (non-hydrogen) atoms. The topological polar surface area (TPSA) is 75.1 Å². The monoisotopic (exact) mass is 271 g/mol. The summed E-state index contributed by atoms with van der Waals surface area (Å²) in [5.74, 6) is 3.15. The lowest BCUT2D eigenvalue weighted by molar-refractivity contribution is 0.0690. The number of nitrogens with zero attached hydrogens (tertiary/aromatic N) is 2. The van der Waals surface area contributed by atoms with Crippen LogP contribution in [0.2, 0.25) is 0 Å². The molecule has 1 atom stereocenters. The molecule has 0 saturated carbocycles. The lowest BCUT2D eigenvalue weighted by atomic mass is 10.4. The zero-order chi connectivity index (χ0) is 12.1. The van der Waals surface area contributed by atoms with Crippen LogP contribution in [0.1, 0.15) is 10.5 Å². The largest absolute Gasteiger partial charge is 0.476 e.